The van der Waals surface area contributed by atoms with Crippen molar-refractivity contribution in [1.29, 1.82) is 0 Å². The van der Waals surface area contributed by atoms with Crippen LogP contribution in [0, 0.1) is 0 Å². The fraction of sp³-hybridized carbons (Fsp3) is 0.0500. The predicted molar refractivity (Wildman–Crippen MR) is 101 cm³/mol. The van der Waals surface area contributed by atoms with Gasteiger partial charge < -0.3 is 4.74 Å². The molecule has 0 aliphatic carbocycles. The van der Waals surface area contributed by atoms with E-state index in [4.69, 9.17) is 21.3 Å². The molecule has 0 atom stereocenters. The van der Waals surface area contributed by atoms with E-state index in [2.05, 4.69) is 12.1 Å². The van der Waals surface area contributed by atoms with E-state index in [1.165, 1.54) is 4.70 Å². The van der Waals surface area contributed by atoms with Crippen molar-refractivity contribution in [3.8, 4) is 16.3 Å². The van der Waals surface area contributed by atoms with Crippen LogP contribution in [-0.2, 0) is 6.61 Å². The second kappa shape index (κ2) is 6.63. The zero-order valence-electron chi connectivity index (χ0n) is 12.8. The summed E-state index contributed by atoms with van der Waals surface area (Å²) >= 11 is 7.86. The average Bonchev–Trinajstić information content (AvgIpc) is 3.06. The number of halogens is 1. The maximum absolute atomic E-state index is 6.17. The number of nitrogens with zero attached hydrogens (tertiary/aromatic N) is 1. The summed E-state index contributed by atoms with van der Waals surface area (Å²) < 4.78 is 7.09. The highest BCUT2D eigenvalue weighted by atomic mass is 35.5. The van der Waals surface area contributed by atoms with Gasteiger partial charge in [0.15, 0.2) is 0 Å². The first kappa shape index (κ1) is 15.2. The van der Waals surface area contributed by atoms with Crippen LogP contribution in [0.1, 0.15) is 5.56 Å². The van der Waals surface area contributed by atoms with Crippen molar-refractivity contribution < 1.29 is 4.74 Å². The van der Waals surface area contributed by atoms with Crippen molar-refractivity contribution in [2.24, 2.45) is 0 Å². The summed E-state index contributed by atoms with van der Waals surface area (Å²) in [7, 11) is 0. The highest BCUT2D eigenvalue weighted by molar-refractivity contribution is 7.21. The number of benzene rings is 3. The van der Waals surface area contributed by atoms with Crippen LogP contribution in [0.5, 0.6) is 5.75 Å². The molecule has 0 amide bonds. The molecule has 4 heteroatoms. The number of rotatable bonds is 4. The fourth-order valence-electron chi connectivity index (χ4n) is 2.49. The molecular formula is C20H14ClNOS. The van der Waals surface area contributed by atoms with Gasteiger partial charge >= 0.3 is 0 Å². The van der Waals surface area contributed by atoms with Crippen molar-refractivity contribution >= 4 is 33.2 Å². The third kappa shape index (κ3) is 3.14. The van der Waals surface area contributed by atoms with Crippen LogP contribution >= 0.6 is 22.9 Å². The zero-order valence-corrected chi connectivity index (χ0v) is 14.3. The molecule has 0 saturated heterocycles. The monoisotopic (exact) mass is 351 g/mol. The van der Waals surface area contributed by atoms with Crippen LogP contribution in [0.2, 0.25) is 5.02 Å². The maximum atomic E-state index is 6.17. The lowest BCUT2D eigenvalue weighted by Crippen LogP contribution is -1.96. The van der Waals surface area contributed by atoms with Crippen molar-refractivity contribution in [3.05, 3.63) is 83.4 Å². The number of fused-ring (bicyclic) bond motifs is 1. The van der Waals surface area contributed by atoms with E-state index in [1.54, 1.807) is 11.3 Å². The van der Waals surface area contributed by atoms with Gasteiger partial charge in [-0.2, -0.15) is 0 Å². The van der Waals surface area contributed by atoms with Gasteiger partial charge in [-0.3, -0.25) is 0 Å². The number of hydrogen-bond donors (Lipinski definition) is 0. The second-order valence-electron chi connectivity index (χ2n) is 5.39. The summed E-state index contributed by atoms with van der Waals surface area (Å²) in [6.07, 6.45) is 0. The standard InChI is InChI=1S/C20H14ClNOS/c21-17-9-2-1-6-15(17)13-23-16-8-5-7-14(12-16)20-22-18-10-3-4-11-19(18)24-20/h1-12H,13H2. The molecule has 4 rings (SSSR count). The molecule has 0 aliphatic heterocycles. The molecule has 2 nitrogen and oxygen atoms in total. The molecule has 0 saturated carbocycles. The number of thiazole rings is 1. The van der Waals surface area contributed by atoms with Gasteiger partial charge in [-0.15, -0.1) is 11.3 Å². The van der Waals surface area contributed by atoms with Gasteiger partial charge in [0.05, 0.1) is 10.2 Å². The number of hydrogen-bond acceptors (Lipinski definition) is 3. The lowest BCUT2D eigenvalue weighted by atomic mass is 10.2. The highest BCUT2D eigenvalue weighted by Crippen LogP contribution is 2.32. The molecule has 0 aliphatic rings. The van der Waals surface area contributed by atoms with Crippen LogP contribution in [0.15, 0.2) is 72.8 Å². The first-order valence-corrected chi connectivity index (χ1v) is 8.81. The maximum Gasteiger partial charge on any atom is 0.124 e. The Morgan fingerprint density at radius 3 is 2.62 bits per heavy atom. The molecular weight excluding hydrogens is 338 g/mol. The van der Waals surface area contributed by atoms with Crippen LogP contribution in [-0.4, -0.2) is 4.98 Å². The normalized spacial score (nSPS) is 10.9. The molecule has 118 valence electrons. The van der Waals surface area contributed by atoms with Crippen LogP contribution < -0.4 is 4.74 Å². The molecule has 0 radical (unpaired) electrons. The summed E-state index contributed by atoms with van der Waals surface area (Å²) in [6, 6.07) is 23.9. The highest BCUT2D eigenvalue weighted by Gasteiger charge is 2.07. The molecule has 0 spiro atoms. The number of ether oxygens (including phenoxy) is 1. The summed E-state index contributed by atoms with van der Waals surface area (Å²) in [4.78, 5) is 4.70. The van der Waals surface area contributed by atoms with Gasteiger partial charge in [-0.05, 0) is 30.3 Å². The molecule has 1 heterocycles. The third-order valence-corrected chi connectivity index (χ3v) is 5.18. The van der Waals surface area contributed by atoms with Gasteiger partial charge in [-0.1, -0.05) is 54.1 Å². The van der Waals surface area contributed by atoms with Crippen molar-refractivity contribution in [2.45, 2.75) is 6.61 Å². The lowest BCUT2D eigenvalue weighted by molar-refractivity contribution is 0.306. The topological polar surface area (TPSA) is 22.1 Å². The minimum absolute atomic E-state index is 0.447. The third-order valence-electron chi connectivity index (χ3n) is 3.73. The predicted octanol–water partition coefficient (Wildman–Crippen LogP) is 6.20. The molecule has 0 unspecified atom stereocenters. The molecule has 4 aromatic rings. The summed E-state index contributed by atoms with van der Waals surface area (Å²) in [5.41, 5.74) is 3.07. The summed E-state index contributed by atoms with van der Waals surface area (Å²) in [6.45, 7) is 0.447. The Labute approximate surface area is 149 Å². The smallest absolute Gasteiger partial charge is 0.124 e. The van der Waals surface area contributed by atoms with Gasteiger partial charge in [0.2, 0.25) is 0 Å². The Morgan fingerprint density at radius 2 is 1.75 bits per heavy atom. The van der Waals surface area contributed by atoms with E-state index in [1.807, 2.05) is 60.7 Å². The summed E-state index contributed by atoms with van der Waals surface area (Å²) in [5, 5.41) is 1.72. The van der Waals surface area contributed by atoms with E-state index in [-0.39, 0.29) is 0 Å². The average molecular weight is 352 g/mol. The first-order valence-electron chi connectivity index (χ1n) is 7.62. The van der Waals surface area contributed by atoms with E-state index >= 15 is 0 Å². The molecule has 0 N–H and O–H groups in total. The van der Waals surface area contributed by atoms with Gasteiger partial charge in [-0.25, -0.2) is 4.98 Å². The zero-order chi connectivity index (χ0) is 16.4. The SMILES string of the molecule is Clc1ccccc1COc1cccc(-c2nc3ccccc3s2)c1. The summed E-state index contributed by atoms with van der Waals surface area (Å²) in [5.74, 6) is 0.812. The van der Waals surface area contributed by atoms with Crippen molar-refractivity contribution in [1.82, 2.24) is 4.98 Å². The number of para-hydroxylation sites is 1. The van der Waals surface area contributed by atoms with Gasteiger partial charge in [0, 0.05) is 16.1 Å². The lowest BCUT2D eigenvalue weighted by Gasteiger charge is -2.08. The second-order valence-corrected chi connectivity index (χ2v) is 6.83. The Kier molecular flexibility index (Phi) is 4.20. The Balaban J connectivity index is 1.58. The fourth-order valence-corrected chi connectivity index (χ4v) is 3.64. The minimum atomic E-state index is 0.447. The molecule has 3 aromatic carbocycles. The van der Waals surface area contributed by atoms with E-state index in [0.717, 1.165) is 32.4 Å². The van der Waals surface area contributed by atoms with Gasteiger partial charge in [0.1, 0.15) is 17.4 Å². The van der Waals surface area contributed by atoms with Crippen LogP contribution in [0.25, 0.3) is 20.8 Å². The number of aromatic nitrogens is 1. The van der Waals surface area contributed by atoms with E-state index < -0.39 is 0 Å². The van der Waals surface area contributed by atoms with E-state index in [0.29, 0.717) is 6.61 Å². The Morgan fingerprint density at radius 1 is 0.917 bits per heavy atom. The van der Waals surface area contributed by atoms with Gasteiger partial charge in [0.25, 0.3) is 0 Å². The largest absolute Gasteiger partial charge is 0.489 e. The van der Waals surface area contributed by atoms with E-state index in [9.17, 15) is 0 Å². The Bertz CT molecular complexity index is 963. The molecule has 0 bridgehead atoms. The first-order chi connectivity index (χ1) is 11.8. The van der Waals surface area contributed by atoms with Crippen molar-refractivity contribution in [2.75, 3.05) is 0 Å². The molecule has 1 aromatic heterocycles. The molecule has 0 fully saturated rings. The van der Waals surface area contributed by atoms with Crippen LogP contribution in [0.3, 0.4) is 0 Å². The molecule has 24 heavy (non-hydrogen) atoms. The quantitative estimate of drug-likeness (QED) is 0.437. The Hall–Kier alpha value is -2.36. The van der Waals surface area contributed by atoms with Crippen molar-refractivity contribution in [3.63, 3.8) is 0 Å². The van der Waals surface area contributed by atoms with Crippen LogP contribution in [0.4, 0.5) is 0 Å². The minimum Gasteiger partial charge on any atom is -0.489 e.